The van der Waals surface area contributed by atoms with Gasteiger partial charge in [0.25, 0.3) is 5.69 Å². The van der Waals surface area contributed by atoms with Gasteiger partial charge in [-0.05, 0) is 37.5 Å². The second kappa shape index (κ2) is 10.2. The Hall–Kier alpha value is -3.88. The van der Waals surface area contributed by atoms with Crippen LogP contribution < -0.4 is 20.3 Å². The molecule has 2 N–H and O–H groups in total. The molecule has 1 unspecified atom stereocenters. The summed E-state index contributed by atoms with van der Waals surface area (Å²) in [6.07, 6.45) is 2.94. The molecule has 1 spiro atoms. The first-order valence-corrected chi connectivity index (χ1v) is 11.8. The molecule has 2 heterocycles. The number of carbonyl (C=O) groups excluding carboxylic acids is 2. The fourth-order valence-electron chi connectivity index (χ4n) is 4.71. The van der Waals surface area contributed by atoms with Gasteiger partial charge in [-0.15, -0.1) is 0 Å². The number of rotatable bonds is 9. The van der Waals surface area contributed by atoms with Crippen molar-refractivity contribution in [3.63, 3.8) is 0 Å². The number of amides is 2. The summed E-state index contributed by atoms with van der Waals surface area (Å²) >= 11 is 0. The van der Waals surface area contributed by atoms with Crippen molar-refractivity contribution in [3.05, 3.63) is 75.9 Å². The number of nitro benzene ring substituents is 1. The summed E-state index contributed by atoms with van der Waals surface area (Å²) < 4.78 is 6.52. The van der Waals surface area contributed by atoms with Crippen molar-refractivity contribution < 1.29 is 19.2 Å². The van der Waals surface area contributed by atoms with Gasteiger partial charge in [-0.2, -0.15) is 0 Å². The van der Waals surface area contributed by atoms with E-state index in [9.17, 15) is 19.7 Å². The predicted molar refractivity (Wildman–Crippen MR) is 132 cm³/mol. The first kappa shape index (κ1) is 24.3. The zero-order valence-electron chi connectivity index (χ0n) is 19.8. The number of hydrogen-bond donors (Lipinski definition) is 2. The number of hydrogen-bond acceptors (Lipinski definition) is 6. The standard InChI is InChI=1S/C26H30N4O5/c1-18(2)25(32)28-14-5-13-27-24(31)11-15-29-22-7-4-3-6-20(22)17-26(29)12-10-19-16-21(30(33)34)8-9-23(19)35-26/h3-4,6-9,16H,1,5,10-15,17H2,2H3,(H,27,31)(H,28,32). The van der Waals surface area contributed by atoms with Crippen LogP contribution in [0.3, 0.4) is 0 Å². The fraction of sp³-hybridized carbons (Fsp3) is 0.385. The number of carbonyl (C=O) groups is 2. The van der Waals surface area contributed by atoms with Crippen molar-refractivity contribution in [2.45, 2.75) is 44.8 Å². The van der Waals surface area contributed by atoms with E-state index < -0.39 is 10.6 Å². The lowest BCUT2D eigenvalue weighted by Gasteiger charge is -2.43. The molecule has 2 aliphatic heterocycles. The Balaban J connectivity index is 1.39. The van der Waals surface area contributed by atoms with E-state index in [1.807, 2.05) is 18.2 Å². The second-order valence-corrected chi connectivity index (χ2v) is 9.04. The van der Waals surface area contributed by atoms with Crippen LogP contribution >= 0.6 is 0 Å². The number of benzene rings is 2. The van der Waals surface area contributed by atoms with Crippen LogP contribution in [0.2, 0.25) is 0 Å². The monoisotopic (exact) mass is 478 g/mol. The van der Waals surface area contributed by atoms with Crippen molar-refractivity contribution >= 4 is 23.2 Å². The number of non-ortho nitro benzene ring substituents is 1. The molecule has 2 aromatic rings. The number of nitro groups is 1. The highest BCUT2D eigenvalue weighted by Crippen LogP contribution is 2.46. The molecule has 0 saturated carbocycles. The lowest BCUT2D eigenvalue weighted by molar-refractivity contribution is -0.385. The molecular formula is C26H30N4O5. The molecule has 184 valence electrons. The van der Waals surface area contributed by atoms with Gasteiger partial charge in [-0.3, -0.25) is 19.7 Å². The fourth-order valence-corrected chi connectivity index (χ4v) is 4.71. The summed E-state index contributed by atoms with van der Waals surface area (Å²) in [5.74, 6) is 0.404. The maximum absolute atomic E-state index is 12.5. The summed E-state index contributed by atoms with van der Waals surface area (Å²) in [6.45, 7) is 6.68. The van der Waals surface area contributed by atoms with Crippen LogP contribution in [0.1, 0.15) is 37.3 Å². The van der Waals surface area contributed by atoms with Gasteiger partial charge >= 0.3 is 0 Å². The van der Waals surface area contributed by atoms with E-state index in [2.05, 4.69) is 28.2 Å². The van der Waals surface area contributed by atoms with Crippen molar-refractivity contribution in [3.8, 4) is 5.75 Å². The number of aryl methyl sites for hydroxylation is 1. The third kappa shape index (κ3) is 5.29. The van der Waals surface area contributed by atoms with Gasteiger partial charge in [0.15, 0.2) is 5.72 Å². The van der Waals surface area contributed by atoms with Crippen LogP contribution in [-0.2, 0) is 22.4 Å². The van der Waals surface area contributed by atoms with Crippen LogP contribution in [0.25, 0.3) is 0 Å². The number of ether oxygens (including phenoxy) is 1. The molecule has 35 heavy (non-hydrogen) atoms. The first-order valence-electron chi connectivity index (χ1n) is 11.8. The Labute approximate surface area is 204 Å². The zero-order chi connectivity index (χ0) is 25.0. The maximum atomic E-state index is 12.5. The predicted octanol–water partition coefficient (Wildman–Crippen LogP) is 3.27. The van der Waals surface area contributed by atoms with Crippen LogP contribution in [0.5, 0.6) is 5.75 Å². The molecule has 0 aliphatic carbocycles. The minimum absolute atomic E-state index is 0.0609. The first-order chi connectivity index (χ1) is 16.8. The van der Waals surface area contributed by atoms with Crippen molar-refractivity contribution in [1.82, 2.24) is 10.6 Å². The van der Waals surface area contributed by atoms with E-state index in [1.54, 1.807) is 19.1 Å². The molecule has 2 aromatic carbocycles. The quantitative estimate of drug-likeness (QED) is 0.248. The van der Waals surface area contributed by atoms with Gasteiger partial charge < -0.3 is 20.3 Å². The number of nitrogens with zero attached hydrogens (tertiary/aromatic N) is 2. The molecule has 0 bridgehead atoms. The molecule has 1 atom stereocenters. The second-order valence-electron chi connectivity index (χ2n) is 9.04. The van der Waals surface area contributed by atoms with Gasteiger partial charge in [-0.25, -0.2) is 0 Å². The number of para-hydroxylation sites is 1. The summed E-state index contributed by atoms with van der Waals surface area (Å²) in [6, 6.07) is 12.8. The highest BCUT2D eigenvalue weighted by Gasteiger charge is 2.47. The summed E-state index contributed by atoms with van der Waals surface area (Å²) in [5, 5.41) is 16.8. The molecule has 0 fully saturated rings. The summed E-state index contributed by atoms with van der Waals surface area (Å²) in [4.78, 5) is 37.0. The summed E-state index contributed by atoms with van der Waals surface area (Å²) in [7, 11) is 0. The molecule has 2 aliphatic rings. The SMILES string of the molecule is C=C(C)C(=O)NCCCNC(=O)CCN1c2ccccc2CC12CCc1cc([N+](=O)[O-])ccc1O2. The number of anilines is 1. The van der Waals surface area contributed by atoms with E-state index in [1.165, 1.54) is 6.07 Å². The molecule has 0 radical (unpaired) electrons. The van der Waals surface area contributed by atoms with Gasteiger partial charge in [0.05, 0.1) is 4.92 Å². The van der Waals surface area contributed by atoms with Crippen LogP contribution in [0, 0.1) is 10.1 Å². The Kier molecular flexibility index (Phi) is 7.04. The summed E-state index contributed by atoms with van der Waals surface area (Å²) in [5.41, 5.74) is 2.93. The third-order valence-electron chi connectivity index (χ3n) is 6.49. The smallest absolute Gasteiger partial charge is 0.269 e. The normalized spacial score (nSPS) is 17.8. The maximum Gasteiger partial charge on any atom is 0.269 e. The van der Waals surface area contributed by atoms with Crippen molar-refractivity contribution in [2.75, 3.05) is 24.5 Å². The van der Waals surface area contributed by atoms with Gasteiger partial charge in [-0.1, -0.05) is 24.8 Å². The Morgan fingerprint density at radius 2 is 1.94 bits per heavy atom. The van der Waals surface area contributed by atoms with E-state index in [0.29, 0.717) is 63.1 Å². The highest BCUT2D eigenvalue weighted by atomic mass is 16.6. The average molecular weight is 479 g/mol. The lowest BCUT2D eigenvalue weighted by atomic mass is 9.94. The lowest BCUT2D eigenvalue weighted by Crippen LogP contribution is -2.54. The molecular weight excluding hydrogens is 448 g/mol. The van der Waals surface area contributed by atoms with E-state index in [0.717, 1.165) is 16.8 Å². The Morgan fingerprint density at radius 3 is 2.71 bits per heavy atom. The molecule has 9 nitrogen and oxygen atoms in total. The Morgan fingerprint density at radius 1 is 1.17 bits per heavy atom. The molecule has 0 saturated heterocycles. The van der Waals surface area contributed by atoms with E-state index >= 15 is 0 Å². The van der Waals surface area contributed by atoms with Gasteiger partial charge in [0, 0.05) is 67.9 Å². The largest absolute Gasteiger partial charge is 0.467 e. The minimum Gasteiger partial charge on any atom is -0.467 e. The van der Waals surface area contributed by atoms with Crippen LogP contribution in [0.4, 0.5) is 11.4 Å². The zero-order valence-corrected chi connectivity index (χ0v) is 19.8. The van der Waals surface area contributed by atoms with E-state index in [4.69, 9.17) is 4.74 Å². The Bertz CT molecular complexity index is 1160. The minimum atomic E-state index is -0.625. The number of fused-ring (bicyclic) bond motifs is 2. The molecule has 4 rings (SSSR count). The topological polar surface area (TPSA) is 114 Å². The van der Waals surface area contributed by atoms with Crippen molar-refractivity contribution in [1.29, 1.82) is 0 Å². The molecule has 2 amide bonds. The average Bonchev–Trinajstić information content (AvgIpc) is 3.13. The van der Waals surface area contributed by atoms with Crippen LogP contribution in [0.15, 0.2) is 54.6 Å². The third-order valence-corrected chi connectivity index (χ3v) is 6.49. The molecule has 0 aromatic heterocycles. The van der Waals surface area contributed by atoms with Gasteiger partial charge in [0.1, 0.15) is 5.75 Å². The van der Waals surface area contributed by atoms with Crippen LogP contribution in [-0.4, -0.2) is 42.1 Å². The van der Waals surface area contributed by atoms with E-state index in [-0.39, 0.29) is 17.5 Å². The number of nitrogens with one attached hydrogen (secondary N) is 2. The van der Waals surface area contributed by atoms with Gasteiger partial charge in [0.2, 0.25) is 11.8 Å². The molecule has 9 heteroatoms. The van der Waals surface area contributed by atoms with Crippen molar-refractivity contribution in [2.24, 2.45) is 0 Å². The highest BCUT2D eigenvalue weighted by molar-refractivity contribution is 5.92.